The molecule has 0 atom stereocenters. The first kappa shape index (κ1) is 13.8. The smallest absolute Gasteiger partial charge is 0.330 e. The largest absolute Gasteiger partial charge is 0.493 e. The fourth-order valence-electron chi connectivity index (χ4n) is 1.34. The van der Waals surface area contributed by atoms with Crippen LogP contribution in [0.3, 0.4) is 0 Å². The topological polar surface area (TPSA) is 64.6 Å². The summed E-state index contributed by atoms with van der Waals surface area (Å²) in [6.07, 6.45) is 3.50. The number of hydrogen-bond donors (Lipinski definition) is 1. The van der Waals surface area contributed by atoms with Gasteiger partial charge in [-0.1, -0.05) is 0 Å². The number of esters is 1. The van der Waals surface area contributed by atoms with Crippen LogP contribution >= 0.6 is 0 Å². The molecule has 0 bridgehead atoms. The zero-order valence-electron chi connectivity index (χ0n) is 10.3. The second-order valence-corrected chi connectivity index (χ2v) is 3.30. The number of methoxy groups -OCH3 is 1. The molecule has 1 aromatic rings. The van der Waals surface area contributed by atoms with Crippen molar-refractivity contribution in [3.63, 3.8) is 0 Å². The molecule has 0 fully saturated rings. The summed E-state index contributed by atoms with van der Waals surface area (Å²) < 4.78 is 9.94. The first-order valence-corrected chi connectivity index (χ1v) is 5.44. The van der Waals surface area contributed by atoms with Gasteiger partial charge >= 0.3 is 5.97 Å². The van der Waals surface area contributed by atoms with Crippen molar-refractivity contribution in [2.75, 3.05) is 19.0 Å². The Balaban J connectivity index is 2.98. The molecule has 5 nitrogen and oxygen atoms in total. The Morgan fingerprint density at radius 1 is 1.44 bits per heavy atom. The van der Waals surface area contributed by atoms with E-state index in [0.717, 1.165) is 5.56 Å². The van der Waals surface area contributed by atoms with Gasteiger partial charge in [-0.25, -0.2) is 4.79 Å². The minimum atomic E-state index is -0.437. The van der Waals surface area contributed by atoms with E-state index < -0.39 is 5.97 Å². The summed E-state index contributed by atoms with van der Waals surface area (Å²) >= 11 is 0. The van der Waals surface area contributed by atoms with Crippen molar-refractivity contribution in [3.05, 3.63) is 29.8 Å². The lowest BCUT2D eigenvalue weighted by Gasteiger charge is -2.09. The molecule has 0 aromatic heterocycles. The van der Waals surface area contributed by atoms with E-state index in [0.29, 0.717) is 24.5 Å². The van der Waals surface area contributed by atoms with Crippen LogP contribution in [0, 0.1) is 0 Å². The Labute approximate surface area is 105 Å². The van der Waals surface area contributed by atoms with Crippen molar-refractivity contribution in [2.45, 2.75) is 6.92 Å². The summed E-state index contributed by atoms with van der Waals surface area (Å²) in [5.41, 5.74) is 1.36. The number of benzene rings is 1. The molecule has 0 unspecified atom stereocenters. The fourth-order valence-corrected chi connectivity index (χ4v) is 1.34. The number of nitrogens with one attached hydrogen (secondary N) is 1. The SMILES string of the molecule is CCOc1cc(NC=O)ccc1/C=C/C(=O)OC. The number of carbonyl (C=O) groups excluding carboxylic acids is 2. The van der Waals surface area contributed by atoms with Crippen LogP contribution < -0.4 is 10.1 Å². The molecule has 1 amide bonds. The highest BCUT2D eigenvalue weighted by Crippen LogP contribution is 2.24. The fraction of sp³-hybridized carbons (Fsp3) is 0.231. The standard InChI is InChI=1S/C13H15NO4/c1-3-18-12-8-11(14-9-15)6-4-10(12)5-7-13(16)17-2/h4-9H,3H2,1-2H3,(H,14,15)/b7-5+. The molecule has 0 heterocycles. The van der Waals surface area contributed by atoms with Gasteiger partial charge in [0.25, 0.3) is 0 Å². The van der Waals surface area contributed by atoms with Crippen LogP contribution in [0.1, 0.15) is 12.5 Å². The molecule has 0 saturated heterocycles. The Morgan fingerprint density at radius 3 is 2.83 bits per heavy atom. The number of anilines is 1. The third kappa shape index (κ3) is 3.93. The van der Waals surface area contributed by atoms with Crippen LogP contribution in [0.4, 0.5) is 5.69 Å². The third-order valence-electron chi connectivity index (χ3n) is 2.14. The number of hydrogen-bond acceptors (Lipinski definition) is 4. The molecule has 0 saturated carbocycles. The summed E-state index contributed by atoms with van der Waals surface area (Å²) in [6, 6.07) is 5.15. The summed E-state index contributed by atoms with van der Waals surface area (Å²) in [7, 11) is 1.31. The molecule has 5 heteroatoms. The lowest BCUT2D eigenvalue weighted by molar-refractivity contribution is -0.134. The van der Waals surface area contributed by atoms with Crippen molar-refractivity contribution in [1.82, 2.24) is 0 Å². The van der Waals surface area contributed by atoms with Gasteiger partial charge in [-0.05, 0) is 25.1 Å². The quantitative estimate of drug-likeness (QED) is 0.474. The lowest BCUT2D eigenvalue weighted by atomic mass is 10.1. The normalized spacial score (nSPS) is 10.1. The van der Waals surface area contributed by atoms with E-state index in [1.807, 2.05) is 6.92 Å². The average Bonchev–Trinajstić information content (AvgIpc) is 2.38. The number of rotatable bonds is 6. The first-order valence-electron chi connectivity index (χ1n) is 5.44. The van der Waals surface area contributed by atoms with Crippen molar-refractivity contribution in [3.8, 4) is 5.75 Å². The monoisotopic (exact) mass is 249 g/mol. The minimum absolute atomic E-state index is 0.437. The van der Waals surface area contributed by atoms with E-state index in [9.17, 15) is 9.59 Å². The Hall–Kier alpha value is -2.30. The maximum absolute atomic E-state index is 11.0. The van der Waals surface area contributed by atoms with Crippen molar-refractivity contribution >= 4 is 24.1 Å². The van der Waals surface area contributed by atoms with Gasteiger partial charge in [0.1, 0.15) is 5.75 Å². The van der Waals surface area contributed by atoms with Crippen molar-refractivity contribution < 1.29 is 19.1 Å². The molecule has 0 aliphatic rings. The van der Waals surface area contributed by atoms with Gasteiger partial charge in [0.2, 0.25) is 6.41 Å². The van der Waals surface area contributed by atoms with E-state index in [1.54, 1.807) is 24.3 Å². The van der Waals surface area contributed by atoms with E-state index in [2.05, 4.69) is 10.1 Å². The van der Waals surface area contributed by atoms with Crippen LogP contribution in [0.25, 0.3) is 6.08 Å². The highest BCUT2D eigenvalue weighted by Gasteiger charge is 2.03. The Bertz CT molecular complexity index is 454. The van der Waals surface area contributed by atoms with E-state index in [-0.39, 0.29) is 0 Å². The molecule has 1 aromatic carbocycles. The second kappa shape index (κ2) is 7.11. The lowest BCUT2D eigenvalue weighted by Crippen LogP contribution is -1.98. The Kier molecular flexibility index (Phi) is 5.44. The van der Waals surface area contributed by atoms with Gasteiger partial charge in [-0.15, -0.1) is 0 Å². The highest BCUT2D eigenvalue weighted by atomic mass is 16.5. The molecule has 1 rings (SSSR count). The van der Waals surface area contributed by atoms with E-state index in [4.69, 9.17) is 4.74 Å². The van der Waals surface area contributed by atoms with Gasteiger partial charge < -0.3 is 14.8 Å². The zero-order valence-corrected chi connectivity index (χ0v) is 10.3. The molecular weight excluding hydrogens is 234 g/mol. The highest BCUT2D eigenvalue weighted by molar-refractivity contribution is 5.87. The van der Waals surface area contributed by atoms with Crippen LogP contribution in [0.15, 0.2) is 24.3 Å². The van der Waals surface area contributed by atoms with Crippen LogP contribution in [-0.4, -0.2) is 26.1 Å². The molecule has 0 aliphatic heterocycles. The van der Waals surface area contributed by atoms with E-state index >= 15 is 0 Å². The van der Waals surface area contributed by atoms with Crippen LogP contribution in [0.5, 0.6) is 5.75 Å². The average molecular weight is 249 g/mol. The first-order chi connectivity index (χ1) is 8.71. The predicted octanol–water partition coefficient (Wildman–Crippen LogP) is 1.84. The summed E-state index contributed by atoms with van der Waals surface area (Å²) in [5.74, 6) is 0.150. The number of carbonyl (C=O) groups is 2. The Morgan fingerprint density at radius 2 is 2.22 bits per heavy atom. The summed E-state index contributed by atoms with van der Waals surface area (Å²) in [6.45, 7) is 2.34. The van der Waals surface area contributed by atoms with Crippen molar-refractivity contribution in [2.24, 2.45) is 0 Å². The molecule has 18 heavy (non-hydrogen) atoms. The molecule has 0 spiro atoms. The van der Waals surface area contributed by atoms with Crippen LogP contribution in [-0.2, 0) is 14.3 Å². The van der Waals surface area contributed by atoms with Crippen molar-refractivity contribution in [1.29, 1.82) is 0 Å². The van der Waals surface area contributed by atoms with E-state index in [1.165, 1.54) is 13.2 Å². The summed E-state index contributed by atoms with van der Waals surface area (Å²) in [4.78, 5) is 21.4. The molecule has 0 radical (unpaired) electrons. The van der Waals surface area contributed by atoms with Gasteiger partial charge in [-0.3, -0.25) is 4.79 Å². The van der Waals surface area contributed by atoms with Crippen LogP contribution in [0.2, 0.25) is 0 Å². The third-order valence-corrected chi connectivity index (χ3v) is 2.14. The van der Waals surface area contributed by atoms with Gasteiger partial charge in [0, 0.05) is 23.4 Å². The summed E-state index contributed by atoms with van der Waals surface area (Å²) in [5, 5.41) is 2.53. The molecule has 0 aliphatic carbocycles. The maximum atomic E-state index is 11.0. The molecular formula is C13H15NO4. The van der Waals surface area contributed by atoms with Gasteiger partial charge in [-0.2, -0.15) is 0 Å². The predicted molar refractivity (Wildman–Crippen MR) is 68.3 cm³/mol. The number of ether oxygens (including phenoxy) is 2. The number of amides is 1. The second-order valence-electron chi connectivity index (χ2n) is 3.30. The minimum Gasteiger partial charge on any atom is -0.493 e. The molecule has 1 N–H and O–H groups in total. The zero-order chi connectivity index (χ0) is 13.4. The maximum Gasteiger partial charge on any atom is 0.330 e. The van der Waals surface area contributed by atoms with Gasteiger partial charge in [0.05, 0.1) is 13.7 Å². The van der Waals surface area contributed by atoms with Gasteiger partial charge in [0.15, 0.2) is 0 Å². The molecule has 96 valence electrons.